The smallest absolute Gasteiger partial charge is 0.255 e. The van der Waals surface area contributed by atoms with Crippen LogP contribution in [0.25, 0.3) is 0 Å². The van der Waals surface area contributed by atoms with Crippen LogP contribution in [0.2, 0.25) is 0 Å². The number of benzene rings is 1. The van der Waals surface area contributed by atoms with E-state index in [-0.39, 0.29) is 30.4 Å². The zero-order chi connectivity index (χ0) is 23.2. The number of alkyl halides is 1. The normalized spacial score (nSPS) is 34.0. The molecule has 5 rings (SSSR count). The fraction of sp³-hybridized carbons (Fsp3) is 0.640. The molecule has 4 aliphatic rings. The summed E-state index contributed by atoms with van der Waals surface area (Å²) in [5.41, 5.74) is 0.433. The summed E-state index contributed by atoms with van der Waals surface area (Å²) in [6, 6.07) is 5.14. The lowest BCUT2D eigenvalue weighted by molar-refractivity contribution is -0.136. The van der Waals surface area contributed by atoms with Gasteiger partial charge in [-0.25, -0.2) is 4.39 Å². The number of hydrogen-bond donors (Lipinski definition) is 2. The van der Waals surface area contributed by atoms with Crippen molar-refractivity contribution >= 4 is 17.7 Å². The quantitative estimate of drug-likeness (QED) is 0.642. The molecule has 178 valence electrons. The summed E-state index contributed by atoms with van der Waals surface area (Å²) in [5, 5.41) is 5.96. The van der Waals surface area contributed by atoms with Gasteiger partial charge in [-0.05, 0) is 81.7 Å². The van der Waals surface area contributed by atoms with Crippen molar-refractivity contribution in [2.45, 2.75) is 88.7 Å². The van der Waals surface area contributed by atoms with Gasteiger partial charge in [-0.3, -0.25) is 19.7 Å². The van der Waals surface area contributed by atoms with Crippen LogP contribution < -0.4 is 15.4 Å². The van der Waals surface area contributed by atoms with Gasteiger partial charge in [-0.1, -0.05) is 6.42 Å². The molecule has 1 aromatic rings. The second kappa shape index (κ2) is 8.70. The summed E-state index contributed by atoms with van der Waals surface area (Å²) < 4.78 is 20.2. The molecule has 2 heterocycles. The third-order valence-corrected chi connectivity index (χ3v) is 7.58. The zero-order valence-corrected chi connectivity index (χ0v) is 19.1. The minimum Gasteiger partial charge on any atom is -0.489 e. The lowest BCUT2D eigenvalue weighted by atomic mass is 9.73. The molecule has 8 heteroatoms. The van der Waals surface area contributed by atoms with E-state index in [1.54, 1.807) is 17.9 Å². The number of piperidine rings is 1. The number of carbonyl (C=O) groups excluding carboxylic acids is 3. The fourth-order valence-electron chi connectivity index (χ4n) is 5.88. The Hall–Kier alpha value is -2.48. The Labute approximate surface area is 193 Å². The molecule has 2 aliphatic heterocycles. The highest BCUT2D eigenvalue weighted by molar-refractivity contribution is 6.05. The van der Waals surface area contributed by atoms with Gasteiger partial charge in [0.2, 0.25) is 11.8 Å². The minimum absolute atomic E-state index is 0.0389. The molecule has 3 amide bonds. The van der Waals surface area contributed by atoms with E-state index in [4.69, 9.17) is 4.74 Å². The predicted molar refractivity (Wildman–Crippen MR) is 119 cm³/mol. The van der Waals surface area contributed by atoms with E-state index in [1.165, 1.54) is 0 Å². The Morgan fingerprint density at radius 1 is 1.18 bits per heavy atom. The minimum atomic E-state index is -1.00. The Bertz CT molecular complexity index is 957. The number of carbonyl (C=O) groups is 3. The zero-order valence-electron chi connectivity index (χ0n) is 19.1. The average Bonchev–Trinajstić information content (AvgIpc) is 3.07. The molecule has 2 N–H and O–H groups in total. The third kappa shape index (κ3) is 4.63. The summed E-state index contributed by atoms with van der Waals surface area (Å²) in [7, 11) is 0. The van der Waals surface area contributed by atoms with Crippen LogP contribution in [0, 0.1) is 5.92 Å². The number of nitrogens with one attached hydrogen (secondary N) is 2. The lowest BCUT2D eigenvalue weighted by Gasteiger charge is -2.41. The number of hydrogen-bond acceptors (Lipinski definition) is 5. The number of rotatable bonds is 6. The molecule has 2 aliphatic carbocycles. The first-order chi connectivity index (χ1) is 15.8. The molecule has 0 aromatic heterocycles. The van der Waals surface area contributed by atoms with Crippen molar-refractivity contribution in [3.63, 3.8) is 0 Å². The number of nitrogens with zero attached hydrogens (tertiary/aromatic N) is 1. The molecule has 3 fully saturated rings. The Balaban J connectivity index is 1.22. The predicted octanol–water partition coefficient (Wildman–Crippen LogP) is 2.87. The topological polar surface area (TPSA) is 87.7 Å². The van der Waals surface area contributed by atoms with Gasteiger partial charge in [0.05, 0.1) is 0 Å². The molecule has 1 aromatic carbocycles. The number of imide groups is 1. The molecule has 7 nitrogen and oxygen atoms in total. The summed E-state index contributed by atoms with van der Waals surface area (Å²) in [6.07, 6.45) is 6.15. The van der Waals surface area contributed by atoms with Gasteiger partial charge < -0.3 is 15.0 Å². The Kier molecular flexibility index (Phi) is 5.89. The fourth-order valence-corrected chi connectivity index (χ4v) is 5.88. The molecule has 3 atom stereocenters. The molecule has 33 heavy (non-hydrogen) atoms. The number of amides is 3. The highest BCUT2D eigenvalue weighted by Crippen LogP contribution is 2.40. The first-order valence-corrected chi connectivity index (χ1v) is 12.2. The van der Waals surface area contributed by atoms with Crippen molar-refractivity contribution < 1.29 is 23.5 Å². The van der Waals surface area contributed by atoms with Crippen LogP contribution in [0.5, 0.6) is 5.75 Å². The SMILES string of the molecule is CC1(F)CC(CN[C@@H]2CCCC[C@H]2Oc2ccc3c(c2)CN(C2CCC(=O)NC2=O)C3=O)C1. The van der Waals surface area contributed by atoms with E-state index in [0.717, 1.165) is 43.5 Å². The molecular weight excluding hydrogens is 425 g/mol. The van der Waals surface area contributed by atoms with Crippen LogP contribution in [0.1, 0.15) is 74.2 Å². The van der Waals surface area contributed by atoms with Crippen LogP contribution in [0.15, 0.2) is 18.2 Å². The second-order valence-corrected chi connectivity index (χ2v) is 10.4. The van der Waals surface area contributed by atoms with Crippen LogP contribution >= 0.6 is 0 Å². The van der Waals surface area contributed by atoms with Crippen LogP contribution in [0.3, 0.4) is 0 Å². The van der Waals surface area contributed by atoms with E-state index in [0.29, 0.717) is 37.3 Å². The van der Waals surface area contributed by atoms with Crippen molar-refractivity contribution in [2.75, 3.05) is 6.54 Å². The maximum atomic E-state index is 13.8. The number of fused-ring (bicyclic) bond motifs is 1. The summed E-state index contributed by atoms with van der Waals surface area (Å²) >= 11 is 0. The maximum absolute atomic E-state index is 13.8. The molecule has 0 spiro atoms. The van der Waals surface area contributed by atoms with Gasteiger partial charge in [-0.15, -0.1) is 0 Å². The maximum Gasteiger partial charge on any atom is 0.255 e. The van der Waals surface area contributed by atoms with E-state index in [2.05, 4.69) is 10.6 Å². The first-order valence-electron chi connectivity index (χ1n) is 12.2. The molecule has 0 bridgehead atoms. The number of ether oxygens (including phenoxy) is 1. The van der Waals surface area contributed by atoms with Gasteiger partial charge in [-0.2, -0.15) is 0 Å². The molecule has 1 unspecified atom stereocenters. The lowest BCUT2D eigenvalue weighted by Crippen LogP contribution is -2.52. The van der Waals surface area contributed by atoms with Gasteiger partial charge in [0, 0.05) is 24.6 Å². The van der Waals surface area contributed by atoms with Crippen molar-refractivity contribution in [1.82, 2.24) is 15.5 Å². The molecule has 2 saturated carbocycles. The van der Waals surface area contributed by atoms with Crippen LogP contribution in [-0.2, 0) is 16.1 Å². The standard InChI is InChI=1S/C25H32FN3O4/c1-25(26)11-15(12-25)13-27-19-4-2-3-5-21(19)33-17-6-7-18-16(10-17)14-29(24(18)32)20-8-9-22(30)28-23(20)31/h6-7,10,15,19-21,27H,2-5,8-9,11-14H2,1H3,(H,28,30,31)/t15?,19-,20?,21-,25?/m1/s1. The van der Waals surface area contributed by atoms with Crippen molar-refractivity contribution in [3.8, 4) is 5.75 Å². The van der Waals surface area contributed by atoms with Gasteiger partial charge >= 0.3 is 0 Å². The van der Waals surface area contributed by atoms with Gasteiger partial charge in [0.1, 0.15) is 23.6 Å². The highest BCUT2D eigenvalue weighted by atomic mass is 19.1. The summed E-state index contributed by atoms with van der Waals surface area (Å²) in [6.45, 7) is 2.84. The molecule has 1 saturated heterocycles. The van der Waals surface area contributed by atoms with E-state index in [9.17, 15) is 18.8 Å². The van der Waals surface area contributed by atoms with Crippen molar-refractivity contribution in [1.29, 1.82) is 0 Å². The monoisotopic (exact) mass is 457 g/mol. The second-order valence-electron chi connectivity index (χ2n) is 10.4. The largest absolute Gasteiger partial charge is 0.489 e. The number of halogens is 1. The van der Waals surface area contributed by atoms with Crippen LogP contribution in [-0.4, -0.2) is 53.0 Å². The molecule has 0 radical (unpaired) electrons. The Morgan fingerprint density at radius 3 is 2.73 bits per heavy atom. The van der Waals surface area contributed by atoms with Gasteiger partial charge in [0.25, 0.3) is 5.91 Å². The molecular formula is C25H32FN3O4. The summed E-state index contributed by atoms with van der Waals surface area (Å²) in [5.74, 6) is 0.253. The van der Waals surface area contributed by atoms with Gasteiger partial charge in [0.15, 0.2) is 0 Å². The average molecular weight is 458 g/mol. The van der Waals surface area contributed by atoms with E-state index in [1.807, 2.05) is 12.1 Å². The highest BCUT2D eigenvalue weighted by Gasteiger charge is 2.41. The van der Waals surface area contributed by atoms with E-state index < -0.39 is 17.6 Å². The van der Waals surface area contributed by atoms with E-state index >= 15 is 0 Å². The first kappa shape index (κ1) is 22.3. The van der Waals surface area contributed by atoms with Crippen molar-refractivity contribution in [2.24, 2.45) is 5.92 Å². The van der Waals surface area contributed by atoms with Crippen molar-refractivity contribution in [3.05, 3.63) is 29.3 Å². The van der Waals surface area contributed by atoms with Crippen LogP contribution in [0.4, 0.5) is 4.39 Å². The third-order valence-electron chi connectivity index (χ3n) is 7.58. The Morgan fingerprint density at radius 2 is 1.97 bits per heavy atom. The summed E-state index contributed by atoms with van der Waals surface area (Å²) in [4.78, 5) is 38.1.